The van der Waals surface area contributed by atoms with Gasteiger partial charge in [0.15, 0.2) is 5.96 Å². The standard InChI is InChI=1S/C16H29N5.HI/c1-17-16(18-11-14-7-5-9-19(2)12-14)21(4)13-15-8-6-10-20(15)3;/h6,8,10,14H,5,7,9,11-13H2,1-4H3,(H,17,18);1H. The number of aromatic nitrogens is 1. The molecule has 0 aliphatic carbocycles. The van der Waals surface area contributed by atoms with E-state index in [1.165, 1.54) is 31.6 Å². The molecular weight excluding hydrogens is 389 g/mol. The molecule has 0 bridgehead atoms. The molecule has 1 atom stereocenters. The summed E-state index contributed by atoms with van der Waals surface area (Å²) in [6, 6.07) is 4.23. The topological polar surface area (TPSA) is 35.8 Å². The van der Waals surface area contributed by atoms with Crippen LogP contribution in [-0.2, 0) is 13.6 Å². The van der Waals surface area contributed by atoms with Crippen LogP contribution in [0.5, 0.6) is 0 Å². The molecule has 1 saturated heterocycles. The third-order valence-corrected chi connectivity index (χ3v) is 4.29. The number of aliphatic imine (C=N–C) groups is 1. The first-order valence-electron chi connectivity index (χ1n) is 7.80. The molecule has 22 heavy (non-hydrogen) atoms. The summed E-state index contributed by atoms with van der Waals surface area (Å²) in [5.41, 5.74) is 1.29. The molecule has 6 heteroatoms. The molecule has 0 saturated carbocycles. The molecule has 1 aliphatic heterocycles. The van der Waals surface area contributed by atoms with E-state index in [9.17, 15) is 0 Å². The van der Waals surface area contributed by atoms with Gasteiger partial charge in [0.05, 0.1) is 6.54 Å². The number of aryl methyl sites for hydroxylation is 1. The molecule has 2 heterocycles. The van der Waals surface area contributed by atoms with Crippen LogP contribution in [0.2, 0.25) is 0 Å². The Balaban J connectivity index is 0.00000242. The van der Waals surface area contributed by atoms with Crippen molar-refractivity contribution >= 4 is 29.9 Å². The molecule has 0 spiro atoms. The first kappa shape index (κ1) is 19.3. The Kier molecular flexibility index (Phi) is 8.24. The van der Waals surface area contributed by atoms with Gasteiger partial charge in [0.25, 0.3) is 0 Å². The number of guanidine groups is 1. The van der Waals surface area contributed by atoms with Crippen molar-refractivity contribution in [2.75, 3.05) is 40.8 Å². The number of nitrogens with one attached hydrogen (secondary N) is 1. The lowest BCUT2D eigenvalue weighted by atomic mass is 9.99. The summed E-state index contributed by atoms with van der Waals surface area (Å²) in [5.74, 6) is 1.70. The maximum absolute atomic E-state index is 4.41. The van der Waals surface area contributed by atoms with E-state index in [1.54, 1.807) is 0 Å². The second-order valence-corrected chi connectivity index (χ2v) is 6.17. The molecular formula is C16H30IN5. The third-order valence-electron chi connectivity index (χ3n) is 4.29. The normalized spacial score (nSPS) is 19.6. The molecule has 0 aromatic carbocycles. The lowest BCUT2D eigenvalue weighted by Crippen LogP contribution is -2.44. The molecule has 126 valence electrons. The average Bonchev–Trinajstić information content (AvgIpc) is 2.85. The van der Waals surface area contributed by atoms with Crippen molar-refractivity contribution in [1.29, 1.82) is 0 Å². The predicted octanol–water partition coefficient (Wildman–Crippen LogP) is 1.99. The van der Waals surface area contributed by atoms with Crippen LogP contribution in [0, 0.1) is 5.92 Å². The Labute approximate surface area is 151 Å². The molecule has 1 aliphatic rings. The summed E-state index contributed by atoms with van der Waals surface area (Å²) >= 11 is 0. The molecule has 0 amide bonds. The van der Waals surface area contributed by atoms with Crippen molar-refractivity contribution < 1.29 is 0 Å². The van der Waals surface area contributed by atoms with E-state index in [4.69, 9.17) is 0 Å². The Bertz CT molecular complexity index is 471. The molecule has 1 fully saturated rings. The van der Waals surface area contributed by atoms with E-state index in [0.717, 1.165) is 25.0 Å². The Hall–Kier alpha value is -0.760. The highest BCUT2D eigenvalue weighted by Crippen LogP contribution is 2.14. The SMILES string of the molecule is CN=C(NCC1CCCN(C)C1)N(C)Cc1cccn1C.I. The van der Waals surface area contributed by atoms with Crippen molar-refractivity contribution in [1.82, 2.24) is 19.7 Å². The Morgan fingerprint density at radius 3 is 2.82 bits per heavy atom. The first-order valence-corrected chi connectivity index (χ1v) is 7.80. The minimum Gasteiger partial charge on any atom is -0.356 e. The van der Waals surface area contributed by atoms with E-state index >= 15 is 0 Å². The fourth-order valence-corrected chi connectivity index (χ4v) is 3.04. The zero-order valence-electron chi connectivity index (χ0n) is 14.2. The van der Waals surface area contributed by atoms with Gasteiger partial charge in [-0.15, -0.1) is 24.0 Å². The highest BCUT2D eigenvalue weighted by molar-refractivity contribution is 14.0. The van der Waals surface area contributed by atoms with Gasteiger partial charge < -0.3 is 19.7 Å². The highest BCUT2D eigenvalue weighted by Gasteiger charge is 2.18. The van der Waals surface area contributed by atoms with Crippen LogP contribution < -0.4 is 5.32 Å². The van der Waals surface area contributed by atoms with E-state index < -0.39 is 0 Å². The number of nitrogens with zero attached hydrogens (tertiary/aromatic N) is 4. The van der Waals surface area contributed by atoms with E-state index in [-0.39, 0.29) is 24.0 Å². The van der Waals surface area contributed by atoms with E-state index in [2.05, 4.69) is 64.1 Å². The molecule has 1 N–H and O–H groups in total. The van der Waals surface area contributed by atoms with Gasteiger partial charge in [-0.05, 0) is 44.5 Å². The number of hydrogen-bond donors (Lipinski definition) is 1. The predicted molar refractivity (Wildman–Crippen MR) is 104 cm³/mol. The summed E-state index contributed by atoms with van der Waals surface area (Å²) in [6.07, 6.45) is 4.70. The van der Waals surface area contributed by atoms with E-state index in [1.807, 2.05) is 7.05 Å². The summed E-state index contributed by atoms with van der Waals surface area (Å²) < 4.78 is 2.15. The fourth-order valence-electron chi connectivity index (χ4n) is 3.04. The maximum atomic E-state index is 4.41. The molecule has 2 rings (SSSR count). The van der Waals surface area contributed by atoms with E-state index in [0.29, 0.717) is 0 Å². The lowest BCUT2D eigenvalue weighted by molar-refractivity contribution is 0.209. The van der Waals surface area contributed by atoms with Gasteiger partial charge in [0.1, 0.15) is 0 Å². The first-order chi connectivity index (χ1) is 10.1. The van der Waals surface area contributed by atoms with Crippen LogP contribution in [0.3, 0.4) is 0 Å². The van der Waals surface area contributed by atoms with Crippen LogP contribution >= 0.6 is 24.0 Å². The number of rotatable bonds is 4. The monoisotopic (exact) mass is 419 g/mol. The zero-order valence-corrected chi connectivity index (χ0v) is 16.6. The van der Waals surface area contributed by atoms with Gasteiger partial charge in [-0.1, -0.05) is 0 Å². The van der Waals surface area contributed by atoms with Crippen molar-refractivity contribution in [3.63, 3.8) is 0 Å². The fraction of sp³-hybridized carbons (Fsp3) is 0.688. The van der Waals surface area contributed by atoms with Gasteiger partial charge in [-0.2, -0.15) is 0 Å². The molecule has 1 aromatic heterocycles. The molecule has 0 radical (unpaired) electrons. The number of likely N-dealkylation sites (tertiary alicyclic amines) is 1. The van der Waals surface area contributed by atoms with Crippen LogP contribution in [0.15, 0.2) is 23.3 Å². The highest BCUT2D eigenvalue weighted by atomic mass is 127. The number of piperidine rings is 1. The molecule has 1 aromatic rings. The van der Waals surface area contributed by atoms with Crippen LogP contribution in [0.4, 0.5) is 0 Å². The van der Waals surface area contributed by atoms with Crippen molar-refractivity contribution in [2.45, 2.75) is 19.4 Å². The Morgan fingerprint density at radius 2 is 2.23 bits per heavy atom. The van der Waals surface area contributed by atoms with Gasteiger partial charge >= 0.3 is 0 Å². The summed E-state index contributed by atoms with van der Waals surface area (Å²) in [7, 11) is 8.24. The van der Waals surface area contributed by atoms with Gasteiger partial charge in [0.2, 0.25) is 0 Å². The lowest BCUT2D eigenvalue weighted by Gasteiger charge is -2.31. The molecule has 5 nitrogen and oxygen atoms in total. The number of halogens is 1. The van der Waals surface area contributed by atoms with Crippen LogP contribution in [-0.4, -0.2) is 61.1 Å². The maximum Gasteiger partial charge on any atom is 0.193 e. The Morgan fingerprint density at radius 1 is 1.45 bits per heavy atom. The third kappa shape index (κ3) is 5.46. The summed E-state index contributed by atoms with van der Waals surface area (Å²) in [5, 5.41) is 3.53. The van der Waals surface area contributed by atoms with Crippen LogP contribution in [0.25, 0.3) is 0 Å². The quantitative estimate of drug-likeness (QED) is 0.461. The average molecular weight is 419 g/mol. The van der Waals surface area contributed by atoms with Crippen molar-refractivity contribution in [3.8, 4) is 0 Å². The smallest absolute Gasteiger partial charge is 0.193 e. The van der Waals surface area contributed by atoms with Gasteiger partial charge in [-0.25, -0.2) is 0 Å². The zero-order chi connectivity index (χ0) is 15.2. The largest absolute Gasteiger partial charge is 0.356 e. The summed E-state index contributed by atoms with van der Waals surface area (Å²) in [6.45, 7) is 4.30. The number of hydrogen-bond acceptors (Lipinski definition) is 2. The van der Waals surface area contributed by atoms with Crippen molar-refractivity contribution in [3.05, 3.63) is 24.0 Å². The summed E-state index contributed by atoms with van der Waals surface area (Å²) in [4.78, 5) is 9.02. The van der Waals surface area contributed by atoms with Crippen molar-refractivity contribution in [2.24, 2.45) is 18.0 Å². The van der Waals surface area contributed by atoms with Gasteiger partial charge in [0, 0.05) is 46.1 Å². The van der Waals surface area contributed by atoms with Gasteiger partial charge in [-0.3, -0.25) is 4.99 Å². The molecule has 1 unspecified atom stereocenters. The minimum atomic E-state index is 0. The minimum absolute atomic E-state index is 0. The second-order valence-electron chi connectivity index (χ2n) is 6.17. The van der Waals surface area contributed by atoms with Crippen LogP contribution in [0.1, 0.15) is 18.5 Å². The second kappa shape index (κ2) is 9.39.